The van der Waals surface area contributed by atoms with Crippen LogP contribution in [-0.2, 0) is 0 Å². The van der Waals surface area contributed by atoms with Gasteiger partial charge in [-0.05, 0) is 52.2 Å². The van der Waals surface area contributed by atoms with Gasteiger partial charge in [0.2, 0.25) is 6.79 Å². The lowest BCUT2D eigenvalue weighted by Crippen LogP contribution is -2.28. The first-order valence-corrected chi connectivity index (χ1v) is 7.94. The van der Waals surface area contributed by atoms with Crippen molar-refractivity contribution >= 4 is 21.8 Å². The molecule has 1 fully saturated rings. The zero-order valence-corrected chi connectivity index (χ0v) is 13.3. The molecule has 2 aliphatic rings. The lowest BCUT2D eigenvalue weighted by molar-refractivity contribution is 0.0758. The number of carbonyl (C=O) groups excluding carboxylic acids is 1. The molecule has 4 rings (SSSR count). The van der Waals surface area contributed by atoms with E-state index in [1.807, 2.05) is 17.0 Å². The monoisotopic (exact) mass is 363 g/mol. The highest BCUT2D eigenvalue weighted by molar-refractivity contribution is 9.10. The summed E-state index contributed by atoms with van der Waals surface area (Å²) in [5, 5.41) is 0. The molecule has 5 nitrogen and oxygen atoms in total. The van der Waals surface area contributed by atoms with Gasteiger partial charge >= 0.3 is 0 Å². The lowest BCUT2D eigenvalue weighted by Gasteiger charge is -2.15. The molecule has 2 aliphatic heterocycles. The van der Waals surface area contributed by atoms with Crippen LogP contribution >= 0.6 is 15.9 Å². The summed E-state index contributed by atoms with van der Waals surface area (Å²) < 4.78 is 16.7. The molecule has 0 spiro atoms. The number of hydrogen-bond donors (Lipinski definition) is 0. The number of likely N-dealkylation sites (tertiary alicyclic amines) is 1. The van der Waals surface area contributed by atoms with Crippen molar-refractivity contribution in [3.8, 4) is 11.5 Å². The maximum atomic E-state index is 12.4. The van der Waals surface area contributed by atoms with Gasteiger partial charge in [-0.1, -0.05) is 6.07 Å². The molecule has 0 N–H and O–H groups in total. The van der Waals surface area contributed by atoms with Gasteiger partial charge in [-0.3, -0.25) is 4.79 Å². The fourth-order valence-electron chi connectivity index (χ4n) is 2.97. The van der Waals surface area contributed by atoms with E-state index in [9.17, 15) is 4.79 Å². The summed E-state index contributed by atoms with van der Waals surface area (Å²) in [5.41, 5.74) is 1.18. The molecule has 0 bridgehead atoms. The van der Waals surface area contributed by atoms with Gasteiger partial charge in [0.25, 0.3) is 5.91 Å². The average Bonchev–Trinajstić information content (AvgIpc) is 3.25. The third-order valence-electron chi connectivity index (χ3n) is 4.13. The maximum Gasteiger partial charge on any atom is 0.289 e. The zero-order chi connectivity index (χ0) is 15.1. The number of furan rings is 1. The molecule has 1 atom stereocenters. The number of ether oxygens (including phenoxy) is 2. The van der Waals surface area contributed by atoms with Gasteiger partial charge in [0, 0.05) is 19.0 Å². The summed E-state index contributed by atoms with van der Waals surface area (Å²) in [6.45, 7) is 1.70. The Kier molecular flexibility index (Phi) is 3.33. The normalized spacial score (nSPS) is 19.7. The van der Waals surface area contributed by atoms with Gasteiger partial charge in [0.15, 0.2) is 21.9 Å². The Hall–Kier alpha value is -1.95. The number of amides is 1. The quantitative estimate of drug-likeness (QED) is 0.820. The SMILES string of the molecule is O=C(c1ccc(Br)o1)N1CCC(c2ccc3c(c2)OCO3)C1. The molecule has 3 heterocycles. The smallest absolute Gasteiger partial charge is 0.289 e. The first kappa shape index (κ1) is 13.7. The number of nitrogens with zero attached hydrogens (tertiary/aromatic N) is 1. The van der Waals surface area contributed by atoms with E-state index in [0.29, 0.717) is 22.9 Å². The van der Waals surface area contributed by atoms with Crippen LogP contribution in [0.25, 0.3) is 0 Å². The summed E-state index contributed by atoms with van der Waals surface area (Å²) in [5.74, 6) is 2.20. The van der Waals surface area contributed by atoms with Crippen molar-refractivity contribution in [3.63, 3.8) is 0 Å². The summed E-state index contributed by atoms with van der Waals surface area (Å²) in [6, 6.07) is 9.44. The Balaban J connectivity index is 1.49. The minimum Gasteiger partial charge on any atom is -0.454 e. The van der Waals surface area contributed by atoms with Gasteiger partial charge in [-0.2, -0.15) is 0 Å². The molecule has 1 aromatic carbocycles. The number of hydrogen-bond acceptors (Lipinski definition) is 4. The standard InChI is InChI=1S/C16H14BrNO4/c17-15-4-3-13(22-15)16(19)18-6-5-11(8-18)10-1-2-12-14(7-10)21-9-20-12/h1-4,7,11H,5-6,8-9H2. The van der Waals surface area contributed by atoms with Crippen LogP contribution in [0.3, 0.4) is 0 Å². The minimum absolute atomic E-state index is 0.0612. The van der Waals surface area contributed by atoms with Crippen LogP contribution in [0.2, 0.25) is 0 Å². The second-order valence-corrected chi connectivity index (χ2v) is 6.23. The summed E-state index contributed by atoms with van der Waals surface area (Å²) in [4.78, 5) is 14.2. The van der Waals surface area contributed by atoms with Crippen molar-refractivity contribution in [2.75, 3.05) is 19.9 Å². The Morgan fingerprint density at radius 2 is 2.05 bits per heavy atom. The molecule has 6 heteroatoms. The largest absolute Gasteiger partial charge is 0.454 e. The van der Waals surface area contributed by atoms with Crippen molar-refractivity contribution in [3.05, 3.63) is 46.3 Å². The summed E-state index contributed by atoms with van der Waals surface area (Å²) in [6.07, 6.45) is 0.938. The lowest BCUT2D eigenvalue weighted by atomic mass is 9.98. The molecule has 1 amide bonds. The third-order valence-corrected chi connectivity index (χ3v) is 4.55. The van der Waals surface area contributed by atoms with E-state index >= 15 is 0 Å². The number of carbonyl (C=O) groups is 1. The van der Waals surface area contributed by atoms with Crippen molar-refractivity contribution in [1.29, 1.82) is 0 Å². The van der Waals surface area contributed by atoms with Crippen LogP contribution in [0, 0.1) is 0 Å². The molecule has 1 aromatic heterocycles. The fourth-order valence-corrected chi connectivity index (χ4v) is 3.28. The van der Waals surface area contributed by atoms with E-state index in [4.69, 9.17) is 13.9 Å². The van der Waals surface area contributed by atoms with Crippen LogP contribution in [0.1, 0.15) is 28.5 Å². The van der Waals surface area contributed by atoms with Gasteiger partial charge in [-0.25, -0.2) is 0 Å². The molecule has 1 saturated heterocycles. The number of rotatable bonds is 2. The predicted molar refractivity (Wildman–Crippen MR) is 82.2 cm³/mol. The molecule has 2 aromatic rings. The highest BCUT2D eigenvalue weighted by atomic mass is 79.9. The second kappa shape index (κ2) is 5.35. The number of benzene rings is 1. The zero-order valence-electron chi connectivity index (χ0n) is 11.8. The fraction of sp³-hybridized carbons (Fsp3) is 0.312. The van der Waals surface area contributed by atoms with E-state index in [1.54, 1.807) is 12.1 Å². The molecular weight excluding hydrogens is 350 g/mol. The van der Waals surface area contributed by atoms with E-state index in [2.05, 4.69) is 22.0 Å². The molecule has 22 heavy (non-hydrogen) atoms. The Morgan fingerprint density at radius 3 is 2.86 bits per heavy atom. The van der Waals surface area contributed by atoms with Gasteiger partial charge in [-0.15, -0.1) is 0 Å². The van der Waals surface area contributed by atoms with Crippen molar-refractivity contribution < 1.29 is 18.7 Å². The van der Waals surface area contributed by atoms with Crippen LogP contribution < -0.4 is 9.47 Å². The van der Waals surface area contributed by atoms with Crippen molar-refractivity contribution in [2.24, 2.45) is 0 Å². The third kappa shape index (κ3) is 2.37. The Bertz CT molecular complexity index is 727. The highest BCUT2D eigenvalue weighted by Gasteiger charge is 2.30. The average molecular weight is 364 g/mol. The first-order valence-electron chi connectivity index (χ1n) is 7.15. The van der Waals surface area contributed by atoms with E-state index < -0.39 is 0 Å². The van der Waals surface area contributed by atoms with Gasteiger partial charge in [0.1, 0.15) is 0 Å². The van der Waals surface area contributed by atoms with Gasteiger partial charge in [0.05, 0.1) is 0 Å². The van der Waals surface area contributed by atoms with E-state index in [0.717, 1.165) is 24.5 Å². The Labute approximate surface area is 135 Å². The van der Waals surface area contributed by atoms with Crippen LogP contribution in [0.5, 0.6) is 11.5 Å². The second-order valence-electron chi connectivity index (χ2n) is 5.45. The van der Waals surface area contributed by atoms with Crippen molar-refractivity contribution in [1.82, 2.24) is 4.90 Å². The molecular formula is C16H14BrNO4. The predicted octanol–water partition coefficient (Wildman–Crippen LogP) is 3.40. The van der Waals surface area contributed by atoms with Crippen molar-refractivity contribution in [2.45, 2.75) is 12.3 Å². The maximum absolute atomic E-state index is 12.4. The minimum atomic E-state index is -0.0612. The number of halogens is 1. The van der Waals surface area contributed by atoms with E-state index in [1.165, 1.54) is 5.56 Å². The molecule has 0 saturated carbocycles. The van der Waals surface area contributed by atoms with E-state index in [-0.39, 0.29) is 12.7 Å². The summed E-state index contributed by atoms with van der Waals surface area (Å²) >= 11 is 3.22. The highest BCUT2D eigenvalue weighted by Crippen LogP contribution is 2.37. The van der Waals surface area contributed by atoms with Crippen LogP contribution in [0.15, 0.2) is 39.4 Å². The van der Waals surface area contributed by atoms with Crippen LogP contribution in [0.4, 0.5) is 0 Å². The Morgan fingerprint density at radius 1 is 1.18 bits per heavy atom. The molecule has 0 aliphatic carbocycles. The first-order chi connectivity index (χ1) is 10.7. The van der Waals surface area contributed by atoms with Gasteiger partial charge < -0.3 is 18.8 Å². The number of fused-ring (bicyclic) bond motifs is 1. The molecule has 1 unspecified atom stereocenters. The molecule has 0 radical (unpaired) electrons. The molecule has 114 valence electrons. The van der Waals surface area contributed by atoms with Crippen LogP contribution in [-0.4, -0.2) is 30.7 Å². The topological polar surface area (TPSA) is 51.9 Å². The summed E-state index contributed by atoms with van der Waals surface area (Å²) in [7, 11) is 0.